The first kappa shape index (κ1) is 21.7. The molecule has 7 nitrogen and oxygen atoms in total. The molecule has 0 aromatic heterocycles. The highest BCUT2D eigenvalue weighted by Gasteiger charge is 2.14. The molecule has 152 valence electrons. The fourth-order valence-corrected chi connectivity index (χ4v) is 2.55. The SMILES string of the molecule is O=C(O)CCCCCNC(=O)C(=Cc1ccc(O)cc1)NC(=O)c1ccccc1. The molecule has 0 heterocycles. The maximum absolute atomic E-state index is 12.6. The monoisotopic (exact) mass is 396 g/mol. The van der Waals surface area contributed by atoms with Crippen LogP contribution in [0.1, 0.15) is 41.6 Å². The van der Waals surface area contributed by atoms with Crippen LogP contribution in [0.15, 0.2) is 60.3 Å². The van der Waals surface area contributed by atoms with Gasteiger partial charge in [0.1, 0.15) is 11.4 Å². The van der Waals surface area contributed by atoms with Crippen LogP contribution < -0.4 is 10.6 Å². The Morgan fingerprint density at radius 3 is 2.24 bits per heavy atom. The van der Waals surface area contributed by atoms with E-state index in [4.69, 9.17) is 5.11 Å². The van der Waals surface area contributed by atoms with E-state index < -0.39 is 17.8 Å². The number of benzene rings is 2. The van der Waals surface area contributed by atoms with Gasteiger partial charge in [-0.25, -0.2) is 0 Å². The summed E-state index contributed by atoms with van der Waals surface area (Å²) in [7, 11) is 0. The van der Waals surface area contributed by atoms with Crippen molar-refractivity contribution in [3.05, 3.63) is 71.4 Å². The van der Waals surface area contributed by atoms with Gasteiger partial charge in [-0.3, -0.25) is 14.4 Å². The Kier molecular flexibility index (Phi) is 8.44. The minimum Gasteiger partial charge on any atom is -0.508 e. The van der Waals surface area contributed by atoms with Crippen molar-refractivity contribution in [3.8, 4) is 5.75 Å². The minimum atomic E-state index is -0.836. The van der Waals surface area contributed by atoms with Crippen molar-refractivity contribution in [1.82, 2.24) is 10.6 Å². The number of carbonyl (C=O) groups excluding carboxylic acids is 2. The van der Waals surface area contributed by atoms with Crippen molar-refractivity contribution in [2.75, 3.05) is 6.54 Å². The first-order valence-corrected chi connectivity index (χ1v) is 9.33. The van der Waals surface area contributed by atoms with Crippen molar-refractivity contribution in [2.24, 2.45) is 0 Å². The van der Waals surface area contributed by atoms with E-state index in [9.17, 15) is 19.5 Å². The van der Waals surface area contributed by atoms with Crippen LogP contribution in [0.5, 0.6) is 5.75 Å². The number of aliphatic carboxylic acids is 1. The molecule has 2 aromatic carbocycles. The first-order valence-electron chi connectivity index (χ1n) is 9.33. The van der Waals surface area contributed by atoms with E-state index in [0.717, 1.165) is 0 Å². The molecule has 4 N–H and O–H groups in total. The third kappa shape index (κ3) is 7.88. The molecule has 0 bridgehead atoms. The van der Waals surface area contributed by atoms with Gasteiger partial charge in [0.2, 0.25) is 0 Å². The average molecular weight is 396 g/mol. The smallest absolute Gasteiger partial charge is 0.303 e. The zero-order valence-corrected chi connectivity index (χ0v) is 15.9. The number of hydrogen-bond acceptors (Lipinski definition) is 4. The maximum Gasteiger partial charge on any atom is 0.303 e. The zero-order chi connectivity index (χ0) is 21.1. The lowest BCUT2D eigenvalue weighted by Crippen LogP contribution is -2.35. The van der Waals surface area contributed by atoms with Gasteiger partial charge in [0.25, 0.3) is 11.8 Å². The van der Waals surface area contributed by atoms with Crippen molar-refractivity contribution in [1.29, 1.82) is 0 Å². The Balaban J connectivity index is 2.03. The van der Waals surface area contributed by atoms with E-state index in [1.807, 2.05) is 0 Å². The van der Waals surface area contributed by atoms with Crippen LogP contribution in [-0.2, 0) is 9.59 Å². The number of carbonyl (C=O) groups is 3. The van der Waals surface area contributed by atoms with Gasteiger partial charge in [-0.1, -0.05) is 36.8 Å². The van der Waals surface area contributed by atoms with E-state index in [-0.39, 0.29) is 17.9 Å². The number of amides is 2. The Labute approximate surface area is 169 Å². The van der Waals surface area contributed by atoms with Gasteiger partial charge in [0.05, 0.1) is 0 Å². The maximum atomic E-state index is 12.6. The highest BCUT2D eigenvalue weighted by molar-refractivity contribution is 6.05. The number of phenolic OH excluding ortho intramolecular Hbond substituents is 1. The highest BCUT2D eigenvalue weighted by Crippen LogP contribution is 2.13. The molecule has 29 heavy (non-hydrogen) atoms. The summed E-state index contributed by atoms with van der Waals surface area (Å²) in [6.07, 6.45) is 3.50. The van der Waals surface area contributed by atoms with Crippen LogP contribution in [0, 0.1) is 0 Å². The summed E-state index contributed by atoms with van der Waals surface area (Å²) in [5.41, 5.74) is 1.14. The number of nitrogens with one attached hydrogen (secondary N) is 2. The lowest BCUT2D eigenvalue weighted by molar-refractivity contribution is -0.137. The summed E-state index contributed by atoms with van der Waals surface area (Å²) in [5, 5.41) is 23.4. The predicted octanol–water partition coefficient (Wildman–Crippen LogP) is 2.92. The lowest BCUT2D eigenvalue weighted by Gasteiger charge is -2.11. The van der Waals surface area contributed by atoms with Gasteiger partial charge in [-0.05, 0) is 48.7 Å². The number of aromatic hydroxyl groups is 1. The fraction of sp³-hybridized carbons (Fsp3) is 0.227. The number of carboxylic acids is 1. The van der Waals surface area contributed by atoms with Crippen LogP contribution in [0.25, 0.3) is 6.08 Å². The van der Waals surface area contributed by atoms with Gasteiger partial charge < -0.3 is 20.8 Å². The topological polar surface area (TPSA) is 116 Å². The van der Waals surface area contributed by atoms with Crippen molar-refractivity contribution >= 4 is 23.9 Å². The zero-order valence-electron chi connectivity index (χ0n) is 15.9. The van der Waals surface area contributed by atoms with Gasteiger partial charge in [-0.2, -0.15) is 0 Å². The van der Waals surface area contributed by atoms with Crippen LogP contribution in [0.4, 0.5) is 0 Å². The van der Waals surface area contributed by atoms with Crippen molar-refractivity contribution < 1.29 is 24.6 Å². The fourth-order valence-electron chi connectivity index (χ4n) is 2.55. The number of hydrogen-bond donors (Lipinski definition) is 4. The van der Waals surface area contributed by atoms with Gasteiger partial charge >= 0.3 is 5.97 Å². The molecule has 0 saturated heterocycles. The third-order valence-corrected chi connectivity index (χ3v) is 4.09. The summed E-state index contributed by atoms with van der Waals surface area (Å²) < 4.78 is 0. The largest absolute Gasteiger partial charge is 0.508 e. The molecule has 0 aliphatic carbocycles. The molecule has 0 atom stereocenters. The van der Waals surface area contributed by atoms with Crippen molar-refractivity contribution in [2.45, 2.75) is 25.7 Å². The van der Waals surface area contributed by atoms with E-state index in [0.29, 0.717) is 36.9 Å². The Bertz CT molecular complexity index is 861. The molecular formula is C22H24N2O5. The highest BCUT2D eigenvalue weighted by atomic mass is 16.4. The molecule has 0 aliphatic heterocycles. The molecule has 0 aliphatic rings. The second kappa shape index (κ2) is 11.3. The molecule has 2 rings (SSSR count). The summed E-state index contributed by atoms with van der Waals surface area (Å²) in [5.74, 6) is -1.59. The average Bonchev–Trinajstić information content (AvgIpc) is 2.71. The summed E-state index contributed by atoms with van der Waals surface area (Å²) >= 11 is 0. The molecule has 0 fully saturated rings. The molecule has 0 spiro atoms. The normalized spacial score (nSPS) is 11.0. The van der Waals surface area contributed by atoms with E-state index in [1.165, 1.54) is 18.2 Å². The second-order valence-corrected chi connectivity index (χ2v) is 6.43. The minimum absolute atomic E-state index is 0.0788. The van der Waals surface area contributed by atoms with Crippen LogP contribution >= 0.6 is 0 Å². The lowest BCUT2D eigenvalue weighted by atomic mass is 10.1. The summed E-state index contributed by atoms with van der Waals surface area (Å²) in [4.78, 5) is 35.6. The predicted molar refractivity (Wildman–Crippen MR) is 109 cm³/mol. The third-order valence-electron chi connectivity index (χ3n) is 4.09. The van der Waals surface area contributed by atoms with Crippen LogP contribution in [-0.4, -0.2) is 34.5 Å². The number of unbranched alkanes of at least 4 members (excludes halogenated alkanes) is 2. The van der Waals surface area contributed by atoms with Gasteiger partial charge in [0.15, 0.2) is 0 Å². The first-order chi connectivity index (χ1) is 14.0. The number of rotatable bonds is 10. The quantitative estimate of drug-likeness (QED) is 0.364. The molecule has 0 radical (unpaired) electrons. The molecule has 0 unspecified atom stereocenters. The second-order valence-electron chi connectivity index (χ2n) is 6.43. The molecule has 7 heteroatoms. The number of carboxylic acid groups (broad SMARTS) is 1. The molecule has 0 saturated carbocycles. The standard InChI is InChI=1S/C22H24N2O5/c25-18-12-10-16(11-13-18)15-19(24-21(28)17-7-3-1-4-8-17)22(29)23-14-6-2-5-9-20(26)27/h1,3-4,7-8,10-13,15,25H,2,5-6,9,14H2,(H,23,29)(H,24,28)(H,26,27). The van der Waals surface area contributed by atoms with E-state index in [1.54, 1.807) is 42.5 Å². The van der Waals surface area contributed by atoms with Gasteiger partial charge in [0, 0.05) is 18.5 Å². The van der Waals surface area contributed by atoms with Crippen LogP contribution in [0.2, 0.25) is 0 Å². The van der Waals surface area contributed by atoms with Gasteiger partial charge in [-0.15, -0.1) is 0 Å². The van der Waals surface area contributed by atoms with E-state index in [2.05, 4.69) is 10.6 Å². The van der Waals surface area contributed by atoms with Crippen molar-refractivity contribution in [3.63, 3.8) is 0 Å². The Morgan fingerprint density at radius 1 is 0.897 bits per heavy atom. The molecular weight excluding hydrogens is 372 g/mol. The summed E-state index contributed by atoms with van der Waals surface area (Å²) in [6.45, 7) is 0.368. The van der Waals surface area contributed by atoms with E-state index >= 15 is 0 Å². The Hall–Kier alpha value is -3.61. The molecule has 2 aromatic rings. The molecule has 2 amide bonds. The Morgan fingerprint density at radius 2 is 1.59 bits per heavy atom. The number of phenols is 1. The summed E-state index contributed by atoms with van der Waals surface area (Å²) in [6, 6.07) is 14.8. The van der Waals surface area contributed by atoms with Crippen LogP contribution in [0.3, 0.4) is 0 Å².